The summed E-state index contributed by atoms with van der Waals surface area (Å²) in [5.74, 6) is 2.18. The Morgan fingerprint density at radius 1 is 1.24 bits per heavy atom. The molecule has 0 radical (unpaired) electrons. The van der Waals surface area contributed by atoms with Crippen LogP contribution in [0, 0.1) is 6.92 Å². The molecule has 4 rings (SSSR count). The zero-order valence-corrected chi connectivity index (χ0v) is 20.0. The Morgan fingerprint density at radius 2 is 2.09 bits per heavy atom. The first-order valence-corrected chi connectivity index (χ1v) is 11.9. The minimum absolute atomic E-state index is 0.182. The van der Waals surface area contributed by atoms with E-state index in [1.807, 2.05) is 28.9 Å². The lowest BCUT2D eigenvalue weighted by Gasteiger charge is -2.20. The number of aryl methyl sites for hydroxylation is 1. The van der Waals surface area contributed by atoms with Gasteiger partial charge in [-0.3, -0.25) is 9.48 Å². The van der Waals surface area contributed by atoms with Gasteiger partial charge in [-0.15, -0.1) is 0 Å². The Morgan fingerprint density at radius 3 is 2.88 bits per heavy atom. The highest BCUT2D eigenvalue weighted by Crippen LogP contribution is 2.42. The smallest absolute Gasteiger partial charge is 0.229 e. The standard InChI is InChI=1S/C23H36N8O2/c1-17-20(16-31(28-17)11-10-29(2)3)26-23-25-15-19(18-5-6-18)22(27-23)24-8-4-9-30-12-14-33-13-7-21(30)32/h15-16,18H,4-14H2,1-3H3,(H2,24,25,26,27). The molecule has 0 atom stereocenters. The molecule has 2 fully saturated rings. The molecule has 1 aliphatic carbocycles. The maximum Gasteiger partial charge on any atom is 0.229 e. The molecule has 180 valence electrons. The summed E-state index contributed by atoms with van der Waals surface area (Å²) in [5, 5.41) is 11.4. The van der Waals surface area contributed by atoms with Crippen molar-refractivity contribution in [3.63, 3.8) is 0 Å². The predicted molar refractivity (Wildman–Crippen MR) is 128 cm³/mol. The van der Waals surface area contributed by atoms with E-state index in [-0.39, 0.29) is 5.91 Å². The zero-order valence-electron chi connectivity index (χ0n) is 20.0. The van der Waals surface area contributed by atoms with Crippen LogP contribution in [0.3, 0.4) is 0 Å². The first-order chi connectivity index (χ1) is 16.0. The number of carbonyl (C=O) groups is 1. The predicted octanol–water partition coefficient (Wildman–Crippen LogP) is 2.22. The number of likely N-dealkylation sites (N-methyl/N-ethyl adjacent to an activating group) is 1. The van der Waals surface area contributed by atoms with E-state index in [0.717, 1.165) is 49.8 Å². The number of ether oxygens (including phenoxy) is 1. The van der Waals surface area contributed by atoms with Gasteiger partial charge >= 0.3 is 0 Å². The van der Waals surface area contributed by atoms with Gasteiger partial charge in [0.05, 0.1) is 37.6 Å². The van der Waals surface area contributed by atoms with Crippen LogP contribution in [0.2, 0.25) is 0 Å². The maximum absolute atomic E-state index is 12.1. The van der Waals surface area contributed by atoms with Crippen molar-refractivity contribution in [1.82, 2.24) is 29.5 Å². The Balaban J connectivity index is 1.36. The summed E-state index contributed by atoms with van der Waals surface area (Å²) in [7, 11) is 4.11. The fourth-order valence-electron chi connectivity index (χ4n) is 3.90. The Labute approximate surface area is 195 Å². The average molecular weight is 457 g/mol. The molecule has 1 amide bonds. The molecule has 10 nitrogen and oxygen atoms in total. The maximum atomic E-state index is 12.1. The molecule has 2 N–H and O–H groups in total. The van der Waals surface area contributed by atoms with Crippen molar-refractivity contribution in [1.29, 1.82) is 0 Å². The van der Waals surface area contributed by atoms with Crippen LogP contribution in [0.1, 0.15) is 42.9 Å². The summed E-state index contributed by atoms with van der Waals surface area (Å²) in [4.78, 5) is 25.5. The third-order valence-electron chi connectivity index (χ3n) is 6.02. The van der Waals surface area contributed by atoms with Gasteiger partial charge in [0, 0.05) is 44.1 Å². The van der Waals surface area contributed by atoms with Crippen LogP contribution in [0.25, 0.3) is 0 Å². The molecule has 2 aliphatic rings. The van der Waals surface area contributed by atoms with Crippen LogP contribution in [0.5, 0.6) is 0 Å². The van der Waals surface area contributed by atoms with Crippen LogP contribution in [-0.4, -0.2) is 88.9 Å². The highest BCUT2D eigenvalue weighted by molar-refractivity contribution is 5.76. The summed E-state index contributed by atoms with van der Waals surface area (Å²) >= 11 is 0. The molecule has 0 bridgehead atoms. The Hall–Kier alpha value is -2.72. The minimum atomic E-state index is 0.182. The van der Waals surface area contributed by atoms with Gasteiger partial charge in [-0.1, -0.05) is 0 Å². The van der Waals surface area contributed by atoms with Gasteiger partial charge < -0.3 is 25.2 Å². The number of amides is 1. The van der Waals surface area contributed by atoms with Gasteiger partial charge in [0.1, 0.15) is 5.82 Å². The molecule has 1 aliphatic heterocycles. The van der Waals surface area contributed by atoms with Crippen LogP contribution in [0.4, 0.5) is 17.5 Å². The van der Waals surface area contributed by atoms with Crippen molar-refractivity contribution in [2.24, 2.45) is 0 Å². The Kier molecular flexibility index (Phi) is 7.77. The van der Waals surface area contributed by atoms with Crippen molar-refractivity contribution in [3.05, 3.63) is 23.7 Å². The summed E-state index contributed by atoms with van der Waals surface area (Å²) in [6, 6.07) is 0. The van der Waals surface area contributed by atoms with Crippen LogP contribution >= 0.6 is 0 Å². The van der Waals surface area contributed by atoms with Gasteiger partial charge in [0.15, 0.2) is 0 Å². The topological polar surface area (TPSA) is 100 Å². The van der Waals surface area contributed by atoms with Crippen LogP contribution in [-0.2, 0) is 16.1 Å². The molecule has 0 spiro atoms. The van der Waals surface area contributed by atoms with Crippen molar-refractivity contribution < 1.29 is 9.53 Å². The molecule has 0 aromatic carbocycles. The molecule has 2 aromatic rings. The molecule has 10 heteroatoms. The van der Waals surface area contributed by atoms with E-state index in [1.54, 1.807) is 0 Å². The number of carbonyl (C=O) groups excluding carboxylic acids is 1. The molecular weight excluding hydrogens is 420 g/mol. The van der Waals surface area contributed by atoms with E-state index in [4.69, 9.17) is 9.72 Å². The lowest BCUT2D eigenvalue weighted by atomic mass is 10.2. The fourth-order valence-corrected chi connectivity index (χ4v) is 3.90. The van der Waals surface area contributed by atoms with Gasteiger partial charge in [-0.2, -0.15) is 10.1 Å². The van der Waals surface area contributed by atoms with E-state index in [9.17, 15) is 4.79 Å². The highest BCUT2D eigenvalue weighted by Gasteiger charge is 2.27. The van der Waals surface area contributed by atoms with Gasteiger partial charge in [0.25, 0.3) is 0 Å². The van der Waals surface area contributed by atoms with Gasteiger partial charge in [0.2, 0.25) is 11.9 Å². The van der Waals surface area contributed by atoms with Crippen molar-refractivity contribution in [3.8, 4) is 0 Å². The molecule has 1 saturated carbocycles. The number of rotatable bonds is 11. The lowest BCUT2D eigenvalue weighted by Crippen LogP contribution is -2.33. The van der Waals surface area contributed by atoms with E-state index in [0.29, 0.717) is 38.0 Å². The van der Waals surface area contributed by atoms with E-state index < -0.39 is 0 Å². The largest absolute Gasteiger partial charge is 0.379 e. The Bertz CT molecular complexity index is 941. The molecule has 1 saturated heterocycles. The van der Waals surface area contributed by atoms with E-state index in [2.05, 4.69) is 39.7 Å². The summed E-state index contributed by atoms with van der Waals surface area (Å²) in [6.45, 7) is 7.06. The number of hydrogen-bond donors (Lipinski definition) is 2. The SMILES string of the molecule is Cc1nn(CCN(C)C)cc1Nc1ncc(C2CC2)c(NCCCN2CCOCCC2=O)n1. The molecular formula is C23H36N8O2. The molecule has 2 aromatic heterocycles. The second-order valence-electron chi connectivity index (χ2n) is 9.11. The quantitative estimate of drug-likeness (QED) is 0.497. The summed E-state index contributed by atoms with van der Waals surface area (Å²) < 4.78 is 7.35. The monoisotopic (exact) mass is 456 g/mol. The lowest BCUT2D eigenvalue weighted by molar-refractivity contribution is -0.130. The molecule has 33 heavy (non-hydrogen) atoms. The van der Waals surface area contributed by atoms with Crippen molar-refractivity contribution >= 4 is 23.4 Å². The zero-order chi connectivity index (χ0) is 23.2. The number of hydrogen-bond acceptors (Lipinski definition) is 8. The van der Waals surface area contributed by atoms with Gasteiger partial charge in [-0.25, -0.2) is 4.98 Å². The van der Waals surface area contributed by atoms with E-state index in [1.165, 1.54) is 18.4 Å². The van der Waals surface area contributed by atoms with Crippen LogP contribution in [0.15, 0.2) is 12.4 Å². The third kappa shape index (κ3) is 6.64. The molecule has 0 unspecified atom stereocenters. The van der Waals surface area contributed by atoms with Crippen LogP contribution < -0.4 is 10.6 Å². The average Bonchev–Trinajstić information content (AvgIpc) is 3.59. The van der Waals surface area contributed by atoms with E-state index >= 15 is 0 Å². The number of anilines is 3. The third-order valence-corrected chi connectivity index (χ3v) is 6.02. The fraction of sp³-hybridized carbons (Fsp3) is 0.652. The highest BCUT2D eigenvalue weighted by atomic mass is 16.5. The normalized spacial score (nSPS) is 16.8. The number of nitrogens with one attached hydrogen (secondary N) is 2. The second-order valence-corrected chi connectivity index (χ2v) is 9.11. The first kappa shape index (κ1) is 23.4. The summed E-state index contributed by atoms with van der Waals surface area (Å²) in [5.41, 5.74) is 3.02. The number of nitrogens with zero attached hydrogens (tertiary/aromatic N) is 6. The first-order valence-electron chi connectivity index (χ1n) is 11.9. The second kappa shape index (κ2) is 10.9. The van der Waals surface area contributed by atoms with Crippen molar-refractivity contribution in [2.75, 3.05) is 64.1 Å². The van der Waals surface area contributed by atoms with Crippen molar-refractivity contribution in [2.45, 2.75) is 45.1 Å². The molecule has 3 heterocycles. The summed E-state index contributed by atoms with van der Waals surface area (Å²) in [6.07, 6.45) is 7.66. The minimum Gasteiger partial charge on any atom is -0.379 e. The number of aromatic nitrogens is 4. The van der Waals surface area contributed by atoms with Gasteiger partial charge in [-0.05, 0) is 46.2 Å².